The summed E-state index contributed by atoms with van der Waals surface area (Å²) < 4.78 is 19.2. The molecule has 33 heavy (non-hydrogen) atoms. The number of amides is 2. The molecule has 4 atom stereocenters. The fourth-order valence-corrected chi connectivity index (χ4v) is 5.89. The van der Waals surface area contributed by atoms with Gasteiger partial charge in [0, 0.05) is 57.3 Å². The first-order valence-electron chi connectivity index (χ1n) is 12.2. The molecule has 3 aliphatic heterocycles. The molecule has 1 aliphatic carbocycles. The number of hydrazine groups is 1. The SMILES string of the molecule is O=C(NCCN1CCOCC1)C1CCC2C(C1)N(Cc1cccc(F)c1)C(=O)C1CCNN12. The van der Waals surface area contributed by atoms with Crippen molar-refractivity contribution < 1.29 is 18.7 Å². The Morgan fingerprint density at radius 1 is 1.18 bits per heavy atom. The van der Waals surface area contributed by atoms with Gasteiger partial charge in [-0.1, -0.05) is 12.1 Å². The molecular formula is C24H34FN5O3. The third-order valence-electron chi connectivity index (χ3n) is 7.60. The van der Waals surface area contributed by atoms with Crippen LogP contribution in [-0.2, 0) is 20.9 Å². The van der Waals surface area contributed by atoms with Crippen molar-refractivity contribution in [1.29, 1.82) is 0 Å². The number of piperazine rings is 1. The number of nitrogens with zero attached hydrogens (tertiary/aromatic N) is 3. The summed E-state index contributed by atoms with van der Waals surface area (Å²) in [6, 6.07) is 6.42. The molecule has 8 nitrogen and oxygen atoms in total. The number of halogens is 1. The minimum Gasteiger partial charge on any atom is -0.379 e. The van der Waals surface area contributed by atoms with Crippen LogP contribution in [0.4, 0.5) is 4.39 Å². The molecule has 3 heterocycles. The second-order valence-electron chi connectivity index (χ2n) is 9.61. The normalized spacial score (nSPS) is 30.7. The molecule has 0 spiro atoms. The first-order valence-corrected chi connectivity index (χ1v) is 12.2. The number of carbonyl (C=O) groups excluding carboxylic acids is 2. The van der Waals surface area contributed by atoms with Crippen molar-refractivity contribution in [3.8, 4) is 0 Å². The van der Waals surface area contributed by atoms with E-state index in [-0.39, 0.29) is 41.7 Å². The van der Waals surface area contributed by atoms with Gasteiger partial charge in [0.05, 0.1) is 13.2 Å². The monoisotopic (exact) mass is 459 g/mol. The second-order valence-corrected chi connectivity index (χ2v) is 9.61. The van der Waals surface area contributed by atoms with Gasteiger partial charge in [-0.25, -0.2) is 9.40 Å². The molecule has 5 rings (SSSR count). The average molecular weight is 460 g/mol. The molecule has 0 bridgehead atoms. The van der Waals surface area contributed by atoms with E-state index in [1.54, 1.807) is 6.07 Å². The van der Waals surface area contributed by atoms with E-state index >= 15 is 0 Å². The molecule has 0 radical (unpaired) electrons. The number of carbonyl (C=O) groups is 2. The van der Waals surface area contributed by atoms with Gasteiger partial charge >= 0.3 is 0 Å². The van der Waals surface area contributed by atoms with Gasteiger partial charge in [-0.05, 0) is 43.4 Å². The van der Waals surface area contributed by atoms with Crippen molar-refractivity contribution in [2.45, 2.75) is 50.4 Å². The molecule has 0 aromatic heterocycles. The summed E-state index contributed by atoms with van der Waals surface area (Å²) >= 11 is 0. The van der Waals surface area contributed by atoms with Gasteiger partial charge in [-0.3, -0.25) is 19.9 Å². The third kappa shape index (κ3) is 4.91. The van der Waals surface area contributed by atoms with E-state index in [0.29, 0.717) is 19.5 Å². The molecule has 4 unspecified atom stereocenters. The highest BCUT2D eigenvalue weighted by atomic mass is 19.1. The van der Waals surface area contributed by atoms with Crippen molar-refractivity contribution in [1.82, 2.24) is 25.6 Å². The van der Waals surface area contributed by atoms with Crippen LogP contribution in [0.15, 0.2) is 24.3 Å². The lowest BCUT2D eigenvalue weighted by Crippen LogP contribution is -2.68. The van der Waals surface area contributed by atoms with Crippen molar-refractivity contribution >= 4 is 11.8 Å². The summed E-state index contributed by atoms with van der Waals surface area (Å²) in [7, 11) is 0. The predicted octanol–water partition coefficient (Wildman–Crippen LogP) is 0.733. The fraction of sp³-hybridized carbons (Fsp3) is 0.667. The summed E-state index contributed by atoms with van der Waals surface area (Å²) in [5, 5.41) is 5.26. The Hall–Kier alpha value is -2.07. The maximum absolute atomic E-state index is 13.8. The van der Waals surface area contributed by atoms with Crippen LogP contribution < -0.4 is 10.7 Å². The molecule has 3 saturated heterocycles. The van der Waals surface area contributed by atoms with E-state index in [9.17, 15) is 14.0 Å². The zero-order valence-corrected chi connectivity index (χ0v) is 19.0. The summed E-state index contributed by atoms with van der Waals surface area (Å²) in [6.45, 7) is 5.95. The van der Waals surface area contributed by atoms with E-state index in [4.69, 9.17) is 4.74 Å². The van der Waals surface area contributed by atoms with E-state index in [0.717, 1.165) is 64.2 Å². The number of ether oxygens (including phenoxy) is 1. The van der Waals surface area contributed by atoms with E-state index < -0.39 is 0 Å². The smallest absolute Gasteiger partial charge is 0.242 e. The maximum Gasteiger partial charge on any atom is 0.242 e. The average Bonchev–Trinajstić information content (AvgIpc) is 3.32. The maximum atomic E-state index is 13.8. The Bertz CT molecular complexity index is 864. The van der Waals surface area contributed by atoms with Crippen LogP contribution in [0.3, 0.4) is 0 Å². The van der Waals surface area contributed by atoms with Crippen LogP contribution in [0.2, 0.25) is 0 Å². The van der Waals surface area contributed by atoms with E-state index in [2.05, 4.69) is 20.7 Å². The number of hydrogen-bond donors (Lipinski definition) is 2. The number of hydrogen-bond acceptors (Lipinski definition) is 6. The molecule has 4 aliphatic rings. The third-order valence-corrected chi connectivity index (χ3v) is 7.60. The Morgan fingerprint density at radius 2 is 2.03 bits per heavy atom. The summed E-state index contributed by atoms with van der Waals surface area (Å²) in [5.41, 5.74) is 4.20. The van der Waals surface area contributed by atoms with E-state index in [1.807, 2.05) is 11.0 Å². The van der Waals surface area contributed by atoms with E-state index in [1.165, 1.54) is 12.1 Å². The molecule has 180 valence electrons. The first kappa shape index (κ1) is 22.7. The molecule has 4 fully saturated rings. The summed E-state index contributed by atoms with van der Waals surface area (Å²) in [4.78, 5) is 30.6. The number of nitrogens with one attached hydrogen (secondary N) is 2. The zero-order chi connectivity index (χ0) is 22.8. The molecular weight excluding hydrogens is 425 g/mol. The topological polar surface area (TPSA) is 77.2 Å². The minimum absolute atomic E-state index is 0.0636. The van der Waals surface area contributed by atoms with Crippen LogP contribution in [0, 0.1) is 11.7 Å². The van der Waals surface area contributed by atoms with Crippen molar-refractivity contribution in [2.24, 2.45) is 5.92 Å². The Kier molecular flexibility index (Phi) is 6.91. The molecule has 1 aromatic carbocycles. The lowest BCUT2D eigenvalue weighted by molar-refractivity contribution is -0.157. The van der Waals surface area contributed by atoms with Gasteiger partial charge < -0.3 is 15.0 Å². The molecule has 1 saturated carbocycles. The van der Waals surface area contributed by atoms with Crippen molar-refractivity contribution in [3.05, 3.63) is 35.6 Å². The quantitative estimate of drug-likeness (QED) is 0.653. The largest absolute Gasteiger partial charge is 0.379 e. The van der Waals surface area contributed by atoms with Crippen molar-refractivity contribution in [2.75, 3.05) is 45.9 Å². The Balaban J connectivity index is 1.25. The lowest BCUT2D eigenvalue weighted by Gasteiger charge is -2.51. The number of morpholine rings is 1. The van der Waals surface area contributed by atoms with Crippen molar-refractivity contribution in [3.63, 3.8) is 0 Å². The lowest BCUT2D eigenvalue weighted by atomic mass is 9.78. The fourth-order valence-electron chi connectivity index (χ4n) is 5.89. The molecule has 2 N–H and O–H groups in total. The standard InChI is InChI=1S/C24H34FN5O3/c25-19-3-1-2-17(14-19)16-29-22-15-18(23(31)26-8-9-28-10-12-33-13-11-28)4-5-20(22)30-21(24(29)32)6-7-27-30/h1-3,14,18,20-22,27H,4-13,15-16H2,(H,26,31). The number of rotatable bonds is 6. The van der Waals surface area contributed by atoms with Gasteiger partial charge in [0.25, 0.3) is 0 Å². The molecule has 2 amide bonds. The summed E-state index contributed by atoms with van der Waals surface area (Å²) in [5.74, 6) is -0.244. The van der Waals surface area contributed by atoms with Crippen LogP contribution >= 0.6 is 0 Å². The van der Waals surface area contributed by atoms with Gasteiger partial charge in [-0.15, -0.1) is 0 Å². The van der Waals surface area contributed by atoms with Crippen LogP contribution in [0.1, 0.15) is 31.2 Å². The van der Waals surface area contributed by atoms with Gasteiger partial charge in [0.1, 0.15) is 11.9 Å². The van der Waals surface area contributed by atoms with Gasteiger partial charge in [0.2, 0.25) is 11.8 Å². The predicted molar refractivity (Wildman–Crippen MR) is 120 cm³/mol. The highest BCUT2D eigenvalue weighted by Crippen LogP contribution is 2.38. The first-order chi connectivity index (χ1) is 16.1. The second kappa shape index (κ2) is 10.0. The Labute approximate surface area is 194 Å². The Morgan fingerprint density at radius 3 is 2.85 bits per heavy atom. The summed E-state index contributed by atoms with van der Waals surface area (Å²) in [6.07, 6.45) is 3.10. The number of fused-ring (bicyclic) bond motifs is 3. The highest BCUT2D eigenvalue weighted by Gasteiger charge is 2.51. The minimum atomic E-state index is -0.293. The molecule has 9 heteroatoms. The molecule has 1 aromatic rings. The highest BCUT2D eigenvalue weighted by molar-refractivity contribution is 5.84. The van der Waals surface area contributed by atoms with Crippen LogP contribution in [0.25, 0.3) is 0 Å². The van der Waals surface area contributed by atoms with Gasteiger partial charge in [0.15, 0.2) is 0 Å². The van der Waals surface area contributed by atoms with Gasteiger partial charge in [-0.2, -0.15) is 0 Å². The zero-order valence-electron chi connectivity index (χ0n) is 19.0. The van der Waals surface area contributed by atoms with Crippen LogP contribution in [0.5, 0.6) is 0 Å². The number of benzene rings is 1. The van der Waals surface area contributed by atoms with Crippen LogP contribution in [-0.4, -0.2) is 90.7 Å².